The minimum absolute atomic E-state index is 0.0373. The molecule has 0 aliphatic carbocycles. The lowest BCUT2D eigenvalue weighted by Crippen LogP contribution is -2.48. The van der Waals surface area contributed by atoms with Crippen molar-refractivity contribution in [1.82, 2.24) is 15.2 Å². The topological polar surface area (TPSA) is 128 Å². The number of ether oxygens (including phenoxy) is 3. The monoisotopic (exact) mass is 637 g/mol. The molecule has 4 rings (SSSR count). The van der Waals surface area contributed by atoms with Gasteiger partial charge in [-0.3, -0.25) is 14.7 Å². The highest BCUT2D eigenvalue weighted by atomic mass is 79.9. The molecule has 10 nitrogen and oxygen atoms in total. The number of esters is 2. The highest BCUT2D eigenvalue weighted by Gasteiger charge is 2.35. The zero-order chi connectivity index (χ0) is 28.8. The van der Waals surface area contributed by atoms with E-state index in [0.29, 0.717) is 58.4 Å². The van der Waals surface area contributed by atoms with Gasteiger partial charge < -0.3 is 25.3 Å². The molecule has 216 valence electrons. The molecule has 0 bridgehead atoms. The van der Waals surface area contributed by atoms with Gasteiger partial charge in [0.05, 0.1) is 18.8 Å². The van der Waals surface area contributed by atoms with Gasteiger partial charge in [0.25, 0.3) is 0 Å². The Bertz CT molecular complexity index is 1270. The largest absolute Gasteiger partial charge is 0.463 e. The number of nitrogens with zero attached hydrogens (tertiary/aromatic N) is 3. The first-order valence-corrected chi connectivity index (χ1v) is 14.7. The van der Waals surface area contributed by atoms with Crippen LogP contribution in [0.1, 0.15) is 37.4 Å². The average molecular weight is 639 g/mol. The molecule has 1 aromatic carbocycles. The second-order valence-electron chi connectivity index (χ2n) is 9.75. The molecule has 0 saturated carbocycles. The fraction of sp³-hybridized carbons (Fsp3) is 0.481. The third-order valence-electron chi connectivity index (χ3n) is 6.52. The van der Waals surface area contributed by atoms with Gasteiger partial charge in [-0.15, -0.1) is 11.3 Å². The van der Waals surface area contributed by atoms with E-state index in [-0.39, 0.29) is 25.2 Å². The van der Waals surface area contributed by atoms with Crippen LogP contribution in [-0.4, -0.2) is 79.3 Å². The van der Waals surface area contributed by atoms with Gasteiger partial charge in [0.1, 0.15) is 30.6 Å². The van der Waals surface area contributed by atoms with Crippen LogP contribution in [0.2, 0.25) is 0 Å². The standard InChI is InChI=1S/C27H33BrFN5O5S/c1-4-37-26(35)21-20(13-34-8-9-38-17(12-34)14-39-27(36)22(30)15(2)3)32-24(25-31-7-10-40-25)33-23(21)18-6-5-16(29)11-19(18)28/h5-7,10-11,15,17,22-23H,4,8-9,12-14,30H2,1-3H3,(H,32,33). The molecule has 1 aromatic heterocycles. The van der Waals surface area contributed by atoms with Gasteiger partial charge in [0, 0.05) is 41.4 Å². The second kappa shape index (κ2) is 13.8. The SMILES string of the molecule is CCOC(=O)C1=C(CN2CCOC(COC(=O)C(N)C(C)C)C2)NC(c2nccs2)=NC1c1ccc(F)cc1Br. The van der Waals surface area contributed by atoms with Gasteiger partial charge in [-0.05, 0) is 30.5 Å². The van der Waals surface area contributed by atoms with Crippen LogP contribution in [0.15, 0.2) is 50.5 Å². The first kappa shape index (κ1) is 30.3. The number of morpholine rings is 1. The molecule has 40 heavy (non-hydrogen) atoms. The predicted octanol–water partition coefficient (Wildman–Crippen LogP) is 3.18. The van der Waals surface area contributed by atoms with Crippen molar-refractivity contribution in [2.45, 2.75) is 39.0 Å². The molecule has 0 amide bonds. The summed E-state index contributed by atoms with van der Waals surface area (Å²) in [5.74, 6) is -0.932. The van der Waals surface area contributed by atoms with Crippen molar-refractivity contribution in [2.24, 2.45) is 16.6 Å². The Hall–Kier alpha value is -2.71. The van der Waals surface area contributed by atoms with Crippen LogP contribution in [0, 0.1) is 11.7 Å². The molecule has 2 aliphatic heterocycles. The van der Waals surface area contributed by atoms with Crippen molar-refractivity contribution < 1.29 is 28.2 Å². The second-order valence-corrected chi connectivity index (χ2v) is 11.5. The maximum atomic E-state index is 14.0. The van der Waals surface area contributed by atoms with Gasteiger partial charge in [-0.25, -0.2) is 14.2 Å². The molecule has 3 unspecified atom stereocenters. The number of benzene rings is 1. The van der Waals surface area contributed by atoms with E-state index >= 15 is 0 Å². The summed E-state index contributed by atoms with van der Waals surface area (Å²) in [7, 11) is 0. The van der Waals surface area contributed by atoms with E-state index in [2.05, 4.69) is 31.1 Å². The molecule has 0 spiro atoms. The van der Waals surface area contributed by atoms with E-state index < -0.39 is 29.8 Å². The summed E-state index contributed by atoms with van der Waals surface area (Å²) in [5, 5.41) is 5.81. The first-order valence-electron chi connectivity index (χ1n) is 13.0. The van der Waals surface area contributed by atoms with Crippen molar-refractivity contribution in [3.63, 3.8) is 0 Å². The van der Waals surface area contributed by atoms with Crippen LogP contribution in [0.25, 0.3) is 0 Å². The Morgan fingerprint density at radius 1 is 1.35 bits per heavy atom. The predicted molar refractivity (Wildman–Crippen MR) is 152 cm³/mol. The van der Waals surface area contributed by atoms with Crippen molar-refractivity contribution in [2.75, 3.05) is 39.5 Å². The number of aliphatic imine (C=N–C) groups is 1. The van der Waals surface area contributed by atoms with Gasteiger partial charge in [-0.1, -0.05) is 35.8 Å². The van der Waals surface area contributed by atoms with Crippen LogP contribution >= 0.6 is 27.3 Å². The number of thiazole rings is 1. The lowest BCUT2D eigenvalue weighted by Gasteiger charge is -2.35. The van der Waals surface area contributed by atoms with E-state index in [1.54, 1.807) is 19.2 Å². The smallest absolute Gasteiger partial charge is 0.338 e. The van der Waals surface area contributed by atoms with Crippen LogP contribution in [0.3, 0.4) is 0 Å². The molecular formula is C27H33BrFN5O5S. The van der Waals surface area contributed by atoms with Crippen LogP contribution < -0.4 is 11.1 Å². The fourth-order valence-corrected chi connectivity index (χ4v) is 5.51. The Kier molecular flexibility index (Phi) is 10.4. The molecule has 2 aromatic rings. The van der Waals surface area contributed by atoms with E-state index in [1.165, 1.54) is 23.5 Å². The van der Waals surface area contributed by atoms with Gasteiger partial charge in [-0.2, -0.15) is 0 Å². The summed E-state index contributed by atoms with van der Waals surface area (Å²) in [6.45, 7) is 7.51. The van der Waals surface area contributed by atoms with Gasteiger partial charge >= 0.3 is 11.9 Å². The normalized spacial score (nSPS) is 20.6. The van der Waals surface area contributed by atoms with Crippen LogP contribution in [0.5, 0.6) is 0 Å². The lowest BCUT2D eigenvalue weighted by atomic mass is 9.95. The van der Waals surface area contributed by atoms with Crippen molar-refractivity contribution in [3.8, 4) is 0 Å². The van der Waals surface area contributed by atoms with Crippen molar-refractivity contribution >= 4 is 45.0 Å². The van der Waals surface area contributed by atoms with Crippen LogP contribution in [-0.2, 0) is 23.8 Å². The quantitative estimate of drug-likeness (QED) is 0.377. The summed E-state index contributed by atoms with van der Waals surface area (Å²) in [5.41, 5.74) is 7.44. The van der Waals surface area contributed by atoms with E-state index in [0.717, 1.165) is 0 Å². The Balaban J connectivity index is 1.62. The average Bonchev–Trinajstić information content (AvgIpc) is 3.46. The summed E-state index contributed by atoms with van der Waals surface area (Å²) >= 11 is 4.85. The highest BCUT2D eigenvalue weighted by Crippen LogP contribution is 2.37. The summed E-state index contributed by atoms with van der Waals surface area (Å²) in [4.78, 5) is 36.9. The number of amidine groups is 1. The molecule has 3 atom stereocenters. The fourth-order valence-electron chi connectivity index (χ4n) is 4.36. The first-order chi connectivity index (χ1) is 19.2. The lowest BCUT2D eigenvalue weighted by molar-refractivity contribution is -0.153. The number of halogens is 2. The Labute approximate surface area is 244 Å². The molecule has 2 aliphatic rings. The molecule has 13 heteroatoms. The zero-order valence-electron chi connectivity index (χ0n) is 22.6. The van der Waals surface area contributed by atoms with Crippen molar-refractivity contribution in [1.29, 1.82) is 0 Å². The Morgan fingerprint density at radius 3 is 2.83 bits per heavy atom. The summed E-state index contributed by atoms with van der Waals surface area (Å²) in [6, 6.07) is 2.82. The minimum Gasteiger partial charge on any atom is -0.463 e. The molecule has 3 N–H and O–H groups in total. The van der Waals surface area contributed by atoms with Crippen LogP contribution in [0.4, 0.5) is 4.39 Å². The number of aromatic nitrogens is 1. The number of nitrogens with two attached hydrogens (primary N) is 1. The highest BCUT2D eigenvalue weighted by molar-refractivity contribution is 9.10. The number of hydrogen-bond donors (Lipinski definition) is 2. The van der Waals surface area contributed by atoms with Gasteiger partial charge in [0.2, 0.25) is 0 Å². The minimum atomic E-state index is -0.764. The zero-order valence-corrected chi connectivity index (χ0v) is 25.0. The van der Waals surface area contributed by atoms with E-state index in [4.69, 9.17) is 24.9 Å². The molecule has 3 heterocycles. The van der Waals surface area contributed by atoms with Crippen molar-refractivity contribution in [3.05, 3.63) is 61.9 Å². The summed E-state index contributed by atoms with van der Waals surface area (Å²) < 4.78 is 31.1. The Morgan fingerprint density at radius 2 is 2.15 bits per heavy atom. The van der Waals surface area contributed by atoms with Gasteiger partial charge in [0.15, 0.2) is 10.8 Å². The number of carbonyl (C=O) groups is 2. The molecule has 1 fully saturated rings. The third kappa shape index (κ3) is 7.32. The number of rotatable bonds is 10. The number of carbonyl (C=O) groups excluding carboxylic acids is 2. The molecule has 1 saturated heterocycles. The third-order valence-corrected chi connectivity index (χ3v) is 7.99. The molecular weight excluding hydrogens is 605 g/mol. The maximum absolute atomic E-state index is 14.0. The molecule has 0 radical (unpaired) electrons. The summed E-state index contributed by atoms with van der Waals surface area (Å²) in [6.07, 6.45) is 1.32. The maximum Gasteiger partial charge on any atom is 0.338 e. The van der Waals surface area contributed by atoms with E-state index in [9.17, 15) is 14.0 Å². The number of hydrogen-bond acceptors (Lipinski definition) is 11. The van der Waals surface area contributed by atoms with E-state index in [1.807, 2.05) is 19.2 Å². The number of nitrogens with one attached hydrogen (secondary N) is 1.